The summed E-state index contributed by atoms with van der Waals surface area (Å²) in [7, 11) is 0. The highest BCUT2D eigenvalue weighted by atomic mass is 35.5. The summed E-state index contributed by atoms with van der Waals surface area (Å²) in [6.07, 6.45) is 0. The van der Waals surface area contributed by atoms with Crippen molar-refractivity contribution in [1.29, 1.82) is 0 Å². The third kappa shape index (κ3) is 2.30. The van der Waals surface area contributed by atoms with Crippen molar-refractivity contribution in [3.05, 3.63) is 35.4 Å². The lowest BCUT2D eigenvalue weighted by Crippen LogP contribution is -2.38. The number of carbonyl (C=O) groups excluding carboxylic acids is 1. The third-order valence-corrected chi connectivity index (χ3v) is 2.54. The SMILES string of the molecule is C[C@@H](N)C(=O)N1Cc2ccccc2C1.Cl. The van der Waals surface area contributed by atoms with E-state index in [0.717, 1.165) is 0 Å². The number of rotatable bonds is 1. The second-order valence-electron chi connectivity index (χ2n) is 3.75. The Hall–Kier alpha value is -1.06. The van der Waals surface area contributed by atoms with Gasteiger partial charge in [0.2, 0.25) is 5.91 Å². The fraction of sp³-hybridized carbons (Fsp3) is 0.364. The van der Waals surface area contributed by atoms with Gasteiger partial charge in [-0.3, -0.25) is 4.79 Å². The lowest BCUT2D eigenvalue weighted by molar-refractivity contribution is -0.132. The molecule has 0 spiro atoms. The molecule has 0 aliphatic carbocycles. The van der Waals surface area contributed by atoms with Crippen LogP contribution in [0.2, 0.25) is 0 Å². The Morgan fingerprint density at radius 3 is 2.20 bits per heavy atom. The van der Waals surface area contributed by atoms with Gasteiger partial charge in [0.05, 0.1) is 6.04 Å². The molecule has 0 fully saturated rings. The average molecular weight is 227 g/mol. The molecular formula is C11H15ClN2O. The number of nitrogens with two attached hydrogens (primary N) is 1. The molecule has 1 atom stereocenters. The highest BCUT2D eigenvalue weighted by Gasteiger charge is 2.24. The number of nitrogens with zero attached hydrogens (tertiary/aromatic N) is 1. The minimum atomic E-state index is -0.399. The van der Waals surface area contributed by atoms with Crippen molar-refractivity contribution in [3.63, 3.8) is 0 Å². The summed E-state index contributed by atoms with van der Waals surface area (Å²) in [4.78, 5) is 13.4. The van der Waals surface area contributed by atoms with Gasteiger partial charge in [0, 0.05) is 13.1 Å². The van der Waals surface area contributed by atoms with Gasteiger partial charge in [-0.1, -0.05) is 24.3 Å². The summed E-state index contributed by atoms with van der Waals surface area (Å²) >= 11 is 0. The molecule has 3 nitrogen and oxygen atoms in total. The van der Waals surface area contributed by atoms with E-state index in [1.807, 2.05) is 12.1 Å². The Morgan fingerprint density at radius 2 is 1.80 bits per heavy atom. The van der Waals surface area contributed by atoms with Gasteiger partial charge >= 0.3 is 0 Å². The Balaban J connectivity index is 0.00000112. The van der Waals surface area contributed by atoms with E-state index in [2.05, 4.69) is 12.1 Å². The predicted molar refractivity (Wildman–Crippen MR) is 61.6 cm³/mol. The molecule has 1 heterocycles. The van der Waals surface area contributed by atoms with Gasteiger partial charge in [-0.15, -0.1) is 12.4 Å². The van der Waals surface area contributed by atoms with Crippen molar-refractivity contribution in [1.82, 2.24) is 4.90 Å². The second kappa shape index (κ2) is 4.64. The van der Waals surface area contributed by atoms with E-state index in [-0.39, 0.29) is 18.3 Å². The molecule has 0 aromatic heterocycles. The van der Waals surface area contributed by atoms with Gasteiger partial charge < -0.3 is 10.6 Å². The van der Waals surface area contributed by atoms with Gasteiger partial charge in [0.25, 0.3) is 0 Å². The molecule has 1 aromatic rings. The Labute approximate surface area is 95.7 Å². The summed E-state index contributed by atoms with van der Waals surface area (Å²) in [6.45, 7) is 3.14. The first kappa shape index (κ1) is 12.0. The molecule has 2 N–H and O–H groups in total. The number of fused-ring (bicyclic) bond motifs is 1. The summed E-state index contributed by atoms with van der Waals surface area (Å²) in [5.41, 5.74) is 8.03. The molecule has 0 radical (unpaired) electrons. The first-order chi connectivity index (χ1) is 6.68. The van der Waals surface area contributed by atoms with E-state index in [1.165, 1.54) is 11.1 Å². The van der Waals surface area contributed by atoms with Crippen LogP contribution in [0.3, 0.4) is 0 Å². The zero-order valence-corrected chi connectivity index (χ0v) is 9.46. The zero-order valence-electron chi connectivity index (χ0n) is 8.64. The van der Waals surface area contributed by atoms with E-state index >= 15 is 0 Å². The number of carbonyl (C=O) groups is 1. The summed E-state index contributed by atoms with van der Waals surface area (Å²) in [5, 5.41) is 0. The summed E-state index contributed by atoms with van der Waals surface area (Å²) in [6, 6.07) is 7.72. The predicted octanol–water partition coefficient (Wildman–Crippen LogP) is 1.30. The first-order valence-electron chi connectivity index (χ1n) is 4.79. The fourth-order valence-corrected chi connectivity index (χ4v) is 1.78. The van der Waals surface area contributed by atoms with Crippen LogP contribution >= 0.6 is 12.4 Å². The maximum atomic E-state index is 11.6. The smallest absolute Gasteiger partial charge is 0.239 e. The quantitative estimate of drug-likeness (QED) is 0.785. The molecular weight excluding hydrogens is 212 g/mol. The van der Waals surface area contributed by atoms with Crippen molar-refractivity contribution in [2.45, 2.75) is 26.1 Å². The molecule has 0 unspecified atom stereocenters. The molecule has 1 aliphatic rings. The highest BCUT2D eigenvalue weighted by Crippen LogP contribution is 2.22. The Bertz CT molecular complexity index is 340. The minimum Gasteiger partial charge on any atom is -0.333 e. The molecule has 1 aliphatic heterocycles. The van der Waals surface area contributed by atoms with Gasteiger partial charge in [0.15, 0.2) is 0 Å². The van der Waals surface area contributed by atoms with Crippen LogP contribution in [0, 0.1) is 0 Å². The number of benzene rings is 1. The molecule has 1 amide bonds. The van der Waals surface area contributed by atoms with E-state index in [0.29, 0.717) is 13.1 Å². The monoisotopic (exact) mass is 226 g/mol. The van der Waals surface area contributed by atoms with Crippen molar-refractivity contribution in [3.8, 4) is 0 Å². The van der Waals surface area contributed by atoms with Crippen LogP contribution < -0.4 is 5.73 Å². The number of amides is 1. The van der Waals surface area contributed by atoms with Crippen LogP contribution in [0.1, 0.15) is 18.1 Å². The standard InChI is InChI=1S/C11H14N2O.ClH/c1-8(12)11(14)13-6-9-4-2-3-5-10(9)7-13;/h2-5,8H,6-7,12H2,1H3;1H/t8-;/m1./s1. The van der Waals surface area contributed by atoms with Crippen molar-refractivity contribution in [2.24, 2.45) is 5.73 Å². The van der Waals surface area contributed by atoms with Crippen molar-refractivity contribution >= 4 is 18.3 Å². The van der Waals surface area contributed by atoms with Crippen LogP contribution in [-0.2, 0) is 17.9 Å². The summed E-state index contributed by atoms with van der Waals surface area (Å²) < 4.78 is 0. The van der Waals surface area contributed by atoms with Gasteiger partial charge in [0.1, 0.15) is 0 Å². The third-order valence-electron chi connectivity index (χ3n) is 2.54. The lowest BCUT2D eigenvalue weighted by atomic mass is 10.1. The molecule has 4 heteroatoms. The topological polar surface area (TPSA) is 46.3 Å². The number of hydrogen-bond acceptors (Lipinski definition) is 2. The van der Waals surface area contributed by atoms with Gasteiger partial charge in [-0.25, -0.2) is 0 Å². The van der Waals surface area contributed by atoms with E-state index in [4.69, 9.17) is 5.73 Å². The maximum absolute atomic E-state index is 11.6. The lowest BCUT2D eigenvalue weighted by Gasteiger charge is -2.17. The zero-order chi connectivity index (χ0) is 10.1. The Kier molecular flexibility index (Phi) is 3.72. The van der Waals surface area contributed by atoms with Crippen LogP contribution in [-0.4, -0.2) is 16.8 Å². The molecule has 1 aromatic carbocycles. The van der Waals surface area contributed by atoms with Crippen LogP contribution in [0.25, 0.3) is 0 Å². The van der Waals surface area contributed by atoms with E-state index < -0.39 is 6.04 Å². The average Bonchev–Trinajstić information content (AvgIpc) is 2.59. The van der Waals surface area contributed by atoms with Crippen molar-refractivity contribution < 1.29 is 4.79 Å². The molecule has 2 rings (SSSR count). The van der Waals surface area contributed by atoms with Gasteiger partial charge in [-0.2, -0.15) is 0 Å². The van der Waals surface area contributed by atoms with Crippen LogP contribution in [0.4, 0.5) is 0 Å². The molecule has 0 saturated carbocycles. The molecule has 0 saturated heterocycles. The Morgan fingerprint density at radius 1 is 1.33 bits per heavy atom. The van der Waals surface area contributed by atoms with Crippen molar-refractivity contribution in [2.75, 3.05) is 0 Å². The minimum absolute atomic E-state index is 0. The fourth-order valence-electron chi connectivity index (χ4n) is 1.78. The van der Waals surface area contributed by atoms with Crippen LogP contribution in [0.15, 0.2) is 24.3 Å². The van der Waals surface area contributed by atoms with Gasteiger partial charge in [-0.05, 0) is 18.1 Å². The van der Waals surface area contributed by atoms with E-state index in [1.54, 1.807) is 11.8 Å². The normalized spacial score (nSPS) is 15.5. The molecule has 15 heavy (non-hydrogen) atoms. The second-order valence-corrected chi connectivity index (χ2v) is 3.75. The maximum Gasteiger partial charge on any atom is 0.239 e. The summed E-state index contributed by atoms with van der Waals surface area (Å²) in [5.74, 6) is 0.0289. The largest absolute Gasteiger partial charge is 0.333 e. The molecule has 0 bridgehead atoms. The molecule has 82 valence electrons. The first-order valence-corrected chi connectivity index (χ1v) is 4.79. The van der Waals surface area contributed by atoms with Crippen LogP contribution in [0.5, 0.6) is 0 Å². The number of hydrogen-bond donors (Lipinski definition) is 1. The number of halogens is 1. The highest BCUT2D eigenvalue weighted by molar-refractivity contribution is 5.85. The van der Waals surface area contributed by atoms with E-state index in [9.17, 15) is 4.79 Å².